The molecule has 0 aliphatic carbocycles. The monoisotopic (exact) mass is 624 g/mol. The fourth-order valence-electron chi connectivity index (χ4n) is 5.77. The molecule has 9 nitrogen and oxygen atoms in total. The van der Waals surface area contributed by atoms with Crippen molar-refractivity contribution in [3.8, 4) is 5.69 Å². The Kier molecular flexibility index (Phi) is 9.50. The van der Waals surface area contributed by atoms with Crippen molar-refractivity contribution >= 4 is 23.2 Å². The van der Waals surface area contributed by atoms with E-state index in [2.05, 4.69) is 4.90 Å². The maximum atomic E-state index is 14.3. The van der Waals surface area contributed by atoms with Crippen LogP contribution in [0, 0.1) is 23.8 Å². The van der Waals surface area contributed by atoms with E-state index in [0.29, 0.717) is 61.7 Å². The van der Waals surface area contributed by atoms with Crippen molar-refractivity contribution in [1.82, 2.24) is 19.2 Å². The van der Waals surface area contributed by atoms with E-state index in [-0.39, 0.29) is 22.5 Å². The number of carbonyl (C=O) groups excluding carboxylic acids is 1. The Hall–Kier alpha value is -4.03. The van der Waals surface area contributed by atoms with Gasteiger partial charge in [-0.3, -0.25) is 24.4 Å². The lowest BCUT2D eigenvalue weighted by Gasteiger charge is -2.38. The molecule has 44 heavy (non-hydrogen) atoms. The van der Waals surface area contributed by atoms with Gasteiger partial charge < -0.3 is 15.3 Å². The summed E-state index contributed by atoms with van der Waals surface area (Å²) in [7, 11) is 1.78. The molecule has 0 atom stereocenters. The van der Waals surface area contributed by atoms with Gasteiger partial charge in [0.25, 0.3) is 11.5 Å². The molecule has 5 rings (SSSR count). The van der Waals surface area contributed by atoms with Crippen LogP contribution in [0.15, 0.2) is 71.5 Å². The largest absolute Gasteiger partial charge is 0.733 e. The summed E-state index contributed by atoms with van der Waals surface area (Å²) >= 11 is 6.07. The number of rotatable bonds is 9. The van der Waals surface area contributed by atoms with E-state index in [1.165, 1.54) is 27.8 Å². The number of hydrogen-bond donors (Lipinski definition) is 1. The van der Waals surface area contributed by atoms with Crippen molar-refractivity contribution in [1.29, 1.82) is 0 Å². The van der Waals surface area contributed by atoms with Gasteiger partial charge in [-0.25, -0.2) is 13.5 Å². The molecule has 1 N–H and O–H groups in total. The predicted octanol–water partition coefficient (Wildman–Crippen LogP) is 5.46. The van der Waals surface area contributed by atoms with Gasteiger partial charge in [0, 0.05) is 50.0 Å². The van der Waals surface area contributed by atoms with Gasteiger partial charge >= 0.3 is 0 Å². The first-order valence-corrected chi connectivity index (χ1v) is 14.7. The third kappa shape index (κ3) is 6.56. The van der Waals surface area contributed by atoms with Crippen LogP contribution in [0.1, 0.15) is 40.0 Å². The van der Waals surface area contributed by atoms with Crippen LogP contribution < -0.4 is 10.8 Å². The number of piperidine rings is 1. The Labute approximate surface area is 258 Å². The number of halogens is 3. The van der Waals surface area contributed by atoms with Crippen molar-refractivity contribution in [3.63, 3.8) is 0 Å². The van der Waals surface area contributed by atoms with Crippen molar-refractivity contribution in [3.05, 3.63) is 121 Å². The molecule has 1 aliphatic heterocycles. The van der Waals surface area contributed by atoms with E-state index in [0.717, 1.165) is 23.4 Å². The number of amides is 1. The van der Waals surface area contributed by atoms with Crippen LogP contribution >= 0.6 is 11.6 Å². The van der Waals surface area contributed by atoms with Gasteiger partial charge in [-0.2, -0.15) is 0 Å². The Morgan fingerprint density at radius 3 is 2.23 bits per heavy atom. The van der Waals surface area contributed by atoms with E-state index in [9.17, 15) is 28.8 Å². The number of benzene rings is 3. The van der Waals surface area contributed by atoms with Crippen LogP contribution in [-0.4, -0.2) is 56.0 Å². The topological polar surface area (TPSA) is 97.0 Å². The molecule has 1 aliphatic rings. The molecule has 0 radical (unpaired) electrons. The lowest BCUT2D eigenvalue weighted by molar-refractivity contribution is 0.0599. The highest BCUT2D eigenvalue weighted by atomic mass is 35.5. The molecule has 0 unspecified atom stereocenters. The van der Waals surface area contributed by atoms with E-state index in [1.807, 2.05) is 31.2 Å². The van der Waals surface area contributed by atoms with Crippen molar-refractivity contribution in [2.45, 2.75) is 38.8 Å². The highest BCUT2D eigenvalue weighted by molar-refractivity contribution is 6.30. The molecule has 0 bridgehead atoms. The summed E-state index contributed by atoms with van der Waals surface area (Å²) in [6.45, 7) is 3.49. The predicted molar refractivity (Wildman–Crippen MR) is 164 cm³/mol. The van der Waals surface area contributed by atoms with Crippen LogP contribution in [0.4, 0.5) is 14.5 Å². The highest BCUT2D eigenvalue weighted by Crippen LogP contribution is 2.24. The van der Waals surface area contributed by atoms with E-state index in [4.69, 9.17) is 11.6 Å². The van der Waals surface area contributed by atoms with E-state index in [1.54, 1.807) is 23.9 Å². The highest BCUT2D eigenvalue weighted by Gasteiger charge is 2.31. The van der Waals surface area contributed by atoms with Crippen molar-refractivity contribution in [2.24, 2.45) is 7.05 Å². The molecule has 3 aromatic carbocycles. The molecule has 0 spiro atoms. The number of nitrogens with zero attached hydrogens (tertiary/aromatic N) is 5. The molecule has 2 heterocycles. The number of anilines is 1. The standard InChI is InChI=1S/C32H33ClF2N5O4/c1-21-27(31(41)39(36(21)2)25-10-12-26(13-11-25)40(43)44)20-38(17-14-22-6-8-23(33)9-7-22)24-15-18-37(19-16-24)32(42)30-28(34)4-3-5-29(30)35/h3-13,24,43H,14-20H2,1-2H3/q-1. The zero-order valence-corrected chi connectivity index (χ0v) is 25.2. The number of likely N-dealkylation sites (tertiary alicyclic amines) is 1. The maximum absolute atomic E-state index is 14.3. The van der Waals surface area contributed by atoms with Crippen molar-refractivity contribution in [2.75, 3.05) is 24.9 Å². The van der Waals surface area contributed by atoms with Crippen LogP contribution in [-0.2, 0) is 20.0 Å². The second-order valence-electron chi connectivity index (χ2n) is 11.0. The summed E-state index contributed by atoms with van der Waals surface area (Å²) < 4.78 is 31.9. The molecule has 232 valence electrons. The molecule has 1 saturated heterocycles. The Morgan fingerprint density at radius 2 is 1.64 bits per heavy atom. The lowest BCUT2D eigenvalue weighted by atomic mass is 10.00. The third-order valence-electron chi connectivity index (χ3n) is 8.39. The van der Waals surface area contributed by atoms with Crippen LogP contribution in [0.3, 0.4) is 0 Å². The first kappa shape index (κ1) is 31.4. The van der Waals surface area contributed by atoms with Gasteiger partial charge in [-0.05, 0) is 80.3 Å². The lowest BCUT2D eigenvalue weighted by Crippen LogP contribution is -2.47. The molecule has 1 aromatic heterocycles. The second-order valence-corrected chi connectivity index (χ2v) is 11.4. The van der Waals surface area contributed by atoms with Gasteiger partial charge in [-0.1, -0.05) is 29.8 Å². The van der Waals surface area contributed by atoms with Gasteiger partial charge in [-0.15, -0.1) is 0 Å². The summed E-state index contributed by atoms with van der Waals surface area (Å²) in [6, 6.07) is 17.0. The molecule has 1 amide bonds. The zero-order valence-electron chi connectivity index (χ0n) is 24.4. The van der Waals surface area contributed by atoms with Crippen molar-refractivity contribution < 1.29 is 18.8 Å². The molecule has 0 saturated carbocycles. The number of carbonyl (C=O) groups is 1. The summed E-state index contributed by atoms with van der Waals surface area (Å²) in [4.78, 5) is 30.5. The fraction of sp³-hybridized carbons (Fsp3) is 0.312. The normalized spacial score (nSPS) is 14.0. The molecular weight excluding hydrogens is 592 g/mol. The molecule has 12 heteroatoms. The number of hydrogen-bond acceptors (Lipinski definition) is 6. The Bertz CT molecular complexity index is 1660. The smallest absolute Gasteiger partial charge is 0.276 e. The third-order valence-corrected chi connectivity index (χ3v) is 8.65. The minimum absolute atomic E-state index is 0.0103. The molecule has 4 aromatic rings. The Morgan fingerprint density at radius 1 is 1.02 bits per heavy atom. The van der Waals surface area contributed by atoms with Crippen LogP contribution in [0.2, 0.25) is 5.02 Å². The summed E-state index contributed by atoms with van der Waals surface area (Å²) in [5, 5.41) is 20.8. The number of aromatic nitrogens is 2. The summed E-state index contributed by atoms with van der Waals surface area (Å²) in [5.74, 6) is -2.43. The van der Waals surface area contributed by atoms with Gasteiger partial charge in [0.2, 0.25) is 0 Å². The molecule has 1 fully saturated rings. The minimum Gasteiger partial charge on any atom is -0.733 e. The van der Waals surface area contributed by atoms with E-state index >= 15 is 0 Å². The fourth-order valence-corrected chi connectivity index (χ4v) is 5.90. The minimum atomic E-state index is -0.881. The first-order valence-electron chi connectivity index (χ1n) is 14.3. The summed E-state index contributed by atoms with van der Waals surface area (Å²) in [5.41, 5.74) is 2.29. The van der Waals surface area contributed by atoms with Gasteiger partial charge in [0.15, 0.2) is 0 Å². The zero-order chi connectivity index (χ0) is 31.5. The average molecular weight is 625 g/mol. The van der Waals surface area contributed by atoms with E-state index < -0.39 is 23.1 Å². The van der Waals surface area contributed by atoms with Gasteiger partial charge in [0.1, 0.15) is 17.2 Å². The SMILES string of the molecule is Cc1c(CN(CCc2ccc(Cl)cc2)C2CCN(C(=O)c3c(F)cccc3F)CC2)c(=O)n(-c2ccc(N([O-])O)cc2)n1C. The average Bonchev–Trinajstić information content (AvgIpc) is 3.22. The maximum Gasteiger partial charge on any atom is 0.276 e. The quantitative estimate of drug-likeness (QED) is 0.249. The van der Waals surface area contributed by atoms with Crippen LogP contribution in [0.5, 0.6) is 0 Å². The summed E-state index contributed by atoms with van der Waals surface area (Å²) in [6.07, 6.45) is 1.83. The van der Waals surface area contributed by atoms with Gasteiger partial charge in [0.05, 0.1) is 16.9 Å². The first-order chi connectivity index (χ1) is 21.0. The molecular formula is C32H33ClF2N5O4-. The van der Waals surface area contributed by atoms with Crippen LogP contribution in [0.25, 0.3) is 5.69 Å². The Balaban J connectivity index is 1.38. The second kappa shape index (κ2) is 13.3.